The van der Waals surface area contributed by atoms with Gasteiger partial charge in [-0.05, 0) is 46.7 Å². The van der Waals surface area contributed by atoms with Crippen LogP contribution in [0.2, 0.25) is 0 Å². The molecule has 1 atom stereocenters. The van der Waals surface area contributed by atoms with E-state index in [1.807, 2.05) is 0 Å². The fourth-order valence-electron chi connectivity index (χ4n) is 1.57. The van der Waals surface area contributed by atoms with Gasteiger partial charge in [0.1, 0.15) is 5.82 Å². The molecule has 0 aliphatic heterocycles. The Morgan fingerprint density at radius 3 is 2.73 bits per heavy atom. The summed E-state index contributed by atoms with van der Waals surface area (Å²) in [6, 6.07) is 4.87. The molecule has 0 saturated carbocycles. The van der Waals surface area contributed by atoms with Crippen molar-refractivity contribution in [3.8, 4) is 0 Å². The number of hydrogen-bond acceptors (Lipinski definition) is 1. The van der Waals surface area contributed by atoms with Crippen molar-refractivity contribution in [1.29, 1.82) is 0 Å². The molecule has 84 valence electrons. The van der Waals surface area contributed by atoms with E-state index in [2.05, 4.69) is 29.5 Å². The van der Waals surface area contributed by atoms with Gasteiger partial charge in [0.05, 0.1) is 0 Å². The third kappa shape index (κ3) is 4.07. The number of rotatable bonds is 5. The molecule has 0 fully saturated rings. The summed E-state index contributed by atoms with van der Waals surface area (Å²) in [5.41, 5.74) is 7.12. The molecule has 15 heavy (non-hydrogen) atoms. The highest BCUT2D eigenvalue weighted by Crippen LogP contribution is 2.23. The van der Waals surface area contributed by atoms with E-state index in [9.17, 15) is 4.39 Å². The van der Waals surface area contributed by atoms with Crippen LogP contribution in [0.25, 0.3) is 0 Å². The normalized spacial score (nSPS) is 12.8. The molecule has 0 bridgehead atoms. The van der Waals surface area contributed by atoms with Crippen LogP contribution >= 0.6 is 22.6 Å². The lowest BCUT2D eigenvalue weighted by molar-refractivity contribution is 0.576. The quantitative estimate of drug-likeness (QED) is 0.643. The minimum atomic E-state index is -0.191. The molecule has 0 heterocycles. The molecular formula is C12H17FIN. The minimum Gasteiger partial charge on any atom is -0.324 e. The molecular weight excluding hydrogens is 304 g/mol. The van der Waals surface area contributed by atoms with Gasteiger partial charge in [-0.2, -0.15) is 0 Å². The zero-order valence-corrected chi connectivity index (χ0v) is 11.1. The van der Waals surface area contributed by atoms with Crippen LogP contribution in [0.3, 0.4) is 0 Å². The maximum Gasteiger partial charge on any atom is 0.124 e. The van der Waals surface area contributed by atoms with Crippen LogP contribution in [0.15, 0.2) is 18.2 Å². The van der Waals surface area contributed by atoms with Crippen LogP contribution in [0.1, 0.15) is 44.2 Å². The molecule has 3 heteroatoms. The van der Waals surface area contributed by atoms with Crippen molar-refractivity contribution in [2.24, 2.45) is 5.73 Å². The third-order valence-electron chi connectivity index (χ3n) is 2.48. The van der Waals surface area contributed by atoms with Gasteiger partial charge < -0.3 is 5.73 Å². The lowest BCUT2D eigenvalue weighted by Gasteiger charge is -2.13. The van der Waals surface area contributed by atoms with Crippen molar-refractivity contribution >= 4 is 22.6 Å². The van der Waals surface area contributed by atoms with Crippen molar-refractivity contribution in [2.75, 3.05) is 0 Å². The van der Waals surface area contributed by atoms with Crippen molar-refractivity contribution in [3.63, 3.8) is 0 Å². The maximum atomic E-state index is 12.9. The summed E-state index contributed by atoms with van der Waals surface area (Å²) in [5, 5.41) is 0. The molecule has 1 aromatic carbocycles. The fourth-order valence-corrected chi connectivity index (χ4v) is 2.45. The van der Waals surface area contributed by atoms with E-state index >= 15 is 0 Å². The van der Waals surface area contributed by atoms with Gasteiger partial charge in [-0.1, -0.05) is 32.3 Å². The van der Waals surface area contributed by atoms with E-state index in [0.29, 0.717) is 0 Å². The van der Waals surface area contributed by atoms with Gasteiger partial charge in [0, 0.05) is 9.61 Å². The number of hydrogen-bond donors (Lipinski definition) is 1. The molecule has 2 N–H and O–H groups in total. The third-order valence-corrected chi connectivity index (χ3v) is 3.41. The molecule has 1 unspecified atom stereocenters. The molecule has 0 radical (unpaired) electrons. The van der Waals surface area contributed by atoms with Crippen LogP contribution < -0.4 is 5.73 Å². The zero-order valence-electron chi connectivity index (χ0n) is 8.97. The van der Waals surface area contributed by atoms with E-state index in [1.165, 1.54) is 25.0 Å². The van der Waals surface area contributed by atoms with Gasteiger partial charge in [0.15, 0.2) is 0 Å². The largest absolute Gasteiger partial charge is 0.324 e. The summed E-state index contributed by atoms with van der Waals surface area (Å²) < 4.78 is 13.8. The van der Waals surface area contributed by atoms with Gasteiger partial charge >= 0.3 is 0 Å². The summed E-state index contributed by atoms with van der Waals surface area (Å²) in [6.07, 6.45) is 4.54. The summed E-state index contributed by atoms with van der Waals surface area (Å²) in [4.78, 5) is 0. The van der Waals surface area contributed by atoms with Crippen LogP contribution in [-0.4, -0.2) is 0 Å². The first-order valence-electron chi connectivity index (χ1n) is 5.35. The molecule has 1 aromatic rings. The Morgan fingerprint density at radius 2 is 2.13 bits per heavy atom. The number of benzene rings is 1. The lowest BCUT2D eigenvalue weighted by atomic mass is 10.0. The highest BCUT2D eigenvalue weighted by atomic mass is 127. The SMILES string of the molecule is CCCCCC(N)c1ccc(F)cc1I. The van der Waals surface area contributed by atoms with Gasteiger partial charge in [-0.25, -0.2) is 4.39 Å². The van der Waals surface area contributed by atoms with Crippen LogP contribution in [0, 0.1) is 9.39 Å². The van der Waals surface area contributed by atoms with Gasteiger partial charge in [0.25, 0.3) is 0 Å². The zero-order chi connectivity index (χ0) is 11.3. The summed E-state index contributed by atoms with van der Waals surface area (Å²) in [7, 11) is 0. The molecule has 0 aromatic heterocycles. The maximum absolute atomic E-state index is 12.9. The monoisotopic (exact) mass is 321 g/mol. The van der Waals surface area contributed by atoms with Gasteiger partial charge in [-0.3, -0.25) is 0 Å². The molecule has 0 aliphatic rings. The fraction of sp³-hybridized carbons (Fsp3) is 0.500. The predicted octanol–water partition coefficient (Wildman–Crippen LogP) is 4.01. The summed E-state index contributed by atoms with van der Waals surface area (Å²) in [5.74, 6) is -0.191. The predicted molar refractivity (Wildman–Crippen MR) is 70.2 cm³/mol. The topological polar surface area (TPSA) is 26.0 Å². The van der Waals surface area contributed by atoms with Crippen LogP contribution in [-0.2, 0) is 0 Å². The Bertz CT molecular complexity index is 314. The van der Waals surface area contributed by atoms with Gasteiger partial charge in [-0.15, -0.1) is 0 Å². The highest BCUT2D eigenvalue weighted by molar-refractivity contribution is 14.1. The minimum absolute atomic E-state index is 0.0454. The number of halogens is 2. The Kier molecular flexibility index (Phi) is 5.53. The Labute approximate surface area is 104 Å². The average Bonchev–Trinajstić information content (AvgIpc) is 2.17. The average molecular weight is 321 g/mol. The first-order valence-corrected chi connectivity index (χ1v) is 6.43. The van der Waals surface area contributed by atoms with E-state index in [0.717, 1.165) is 22.0 Å². The molecule has 0 saturated heterocycles. The van der Waals surface area contributed by atoms with E-state index in [1.54, 1.807) is 6.07 Å². The molecule has 0 amide bonds. The van der Waals surface area contributed by atoms with Gasteiger partial charge in [0.2, 0.25) is 0 Å². The number of nitrogens with two attached hydrogens (primary N) is 1. The Hall–Kier alpha value is -0.160. The molecule has 0 aliphatic carbocycles. The van der Waals surface area contributed by atoms with Crippen molar-refractivity contribution < 1.29 is 4.39 Å². The number of unbranched alkanes of at least 4 members (excludes halogenated alkanes) is 2. The highest BCUT2D eigenvalue weighted by Gasteiger charge is 2.09. The van der Waals surface area contributed by atoms with Crippen LogP contribution in [0.5, 0.6) is 0 Å². The second kappa shape index (κ2) is 6.43. The molecule has 1 nitrogen and oxygen atoms in total. The Morgan fingerprint density at radius 1 is 1.40 bits per heavy atom. The van der Waals surface area contributed by atoms with Crippen molar-refractivity contribution in [2.45, 2.75) is 38.6 Å². The second-order valence-electron chi connectivity index (χ2n) is 3.77. The standard InChI is InChI=1S/C12H17FIN/c1-2-3-4-5-12(15)10-7-6-9(13)8-11(10)14/h6-8,12H,2-5,15H2,1H3. The van der Waals surface area contributed by atoms with Crippen LogP contribution in [0.4, 0.5) is 4.39 Å². The first kappa shape index (κ1) is 12.9. The molecule has 0 spiro atoms. The first-order chi connectivity index (χ1) is 7.15. The lowest BCUT2D eigenvalue weighted by Crippen LogP contribution is -2.11. The van der Waals surface area contributed by atoms with E-state index in [4.69, 9.17) is 5.73 Å². The smallest absolute Gasteiger partial charge is 0.124 e. The van der Waals surface area contributed by atoms with Crippen molar-refractivity contribution in [3.05, 3.63) is 33.1 Å². The summed E-state index contributed by atoms with van der Waals surface area (Å²) in [6.45, 7) is 2.17. The second-order valence-corrected chi connectivity index (χ2v) is 4.93. The van der Waals surface area contributed by atoms with E-state index < -0.39 is 0 Å². The Balaban J connectivity index is 2.61. The van der Waals surface area contributed by atoms with E-state index in [-0.39, 0.29) is 11.9 Å². The van der Waals surface area contributed by atoms with Crippen molar-refractivity contribution in [1.82, 2.24) is 0 Å². The molecule has 1 rings (SSSR count). The summed E-state index contributed by atoms with van der Waals surface area (Å²) >= 11 is 2.14.